The first-order chi connectivity index (χ1) is 12.1. The highest BCUT2D eigenvalue weighted by atomic mass is 35.5. The van der Waals surface area contributed by atoms with Gasteiger partial charge in [-0.2, -0.15) is 0 Å². The molecular formula is C16H13ClFN5OS. The molecule has 0 saturated carbocycles. The van der Waals surface area contributed by atoms with Gasteiger partial charge in [0.05, 0.1) is 17.0 Å². The Hall–Kier alpha value is -2.45. The van der Waals surface area contributed by atoms with Gasteiger partial charge in [0.1, 0.15) is 5.82 Å². The van der Waals surface area contributed by atoms with Crippen molar-refractivity contribution in [1.29, 1.82) is 0 Å². The Morgan fingerprint density at radius 2 is 2.08 bits per heavy atom. The number of rotatable bonds is 5. The van der Waals surface area contributed by atoms with Crippen LogP contribution in [0.5, 0.6) is 0 Å². The molecule has 0 aliphatic rings. The van der Waals surface area contributed by atoms with Gasteiger partial charge in [0, 0.05) is 13.2 Å². The molecule has 0 aliphatic carbocycles. The third-order valence-corrected chi connectivity index (χ3v) is 4.64. The fourth-order valence-corrected chi connectivity index (χ4v) is 2.99. The van der Waals surface area contributed by atoms with Crippen LogP contribution in [0.3, 0.4) is 0 Å². The van der Waals surface area contributed by atoms with Crippen molar-refractivity contribution in [1.82, 2.24) is 19.7 Å². The van der Waals surface area contributed by atoms with Crippen LogP contribution in [0, 0.1) is 5.82 Å². The molecule has 25 heavy (non-hydrogen) atoms. The number of carbonyl (C=O) groups is 1. The smallest absolute Gasteiger partial charge is 0.234 e. The van der Waals surface area contributed by atoms with Gasteiger partial charge in [-0.05, 0) is 24.3 Å². The molecule has 3 aromatic rings. The fourth-order valence-electron chi connectivity index (χ4n) is 2.11. The van der Waals surface area contributed by atoms with Crippen LogP contribution in [-0.4, -0.2) is 31.4 Å². The van der Waals surface area contributed by atoms with Crippen molar-refractivity contribution in [3.05, 3.63) is 53.6 Å². The van der Waals surface area contributed by atoms with Crippen LogP contribution in [0.4, 0.5) is 10.1 Å². The number of carbonyl (C=O) groups excluding carboxylic acids is 1. The number of nitrogens with zero attached hydrogens (tertiary/aromatic N) is 4. The maximum atomic E-state index is 13.9. The van der Waals surface area contributed by atoms with Crippen molar-refractivity contribution in [3.8, 4) is 11.4 Å². The maximum Gasteiger partial charge on any atom is 0.234 e. The van der Waals surface area contributed by atoms with Crippen LogP contribution in [0.2, 0.25) is 5.15 Å². The van der Waals surface area contributed by atoms with Gasteiger partial charge in [0.25, 0.3) is 0 Å². The summed E-state index contributed by atoms with van der Waals surface area (Å²) in [5, 5.41) is 11.4. The van der Waals surface area contributed by atoms with E-state index in [1.165, 1.54) is 24.0 Å². The zero-order valence-corrected chi connectivity index (χ0v) is 14.7. The van der Waals surface area contributed by atoms with Gasteiger partial charge >= 0.3 is 0 Å². The van der Waals surface area contributed by atoms with Crippen LogP contribution in [0.1, 0.15) is 0 Å². The lowest BCUT2D eigenvalue weighted by Crippen LogP contribution is -2.15. The molecule has 6 nitrogen and oxygen atoms in total. The summed E-state index contributed by atoms with van der Waals surface area (Å²) in [6.07, 6.45) is 1.54. The molecular weight excluding hydrogens is 365 g/mol. The van der Waals surface area contributed by atoms with Crippen LogP contribution >= 0.6 is 23.4 Å². The Bertz CT molecular complexity index is 917. The van der Waals surface area contributed by atoms with E-state index < -0.39 is 0 Å². The average Bonchev–Trinajstić information content (AvgIpc) is 2.96. The van der Waals surface area contributed by atoms with E-state index in [-0.39, 0.29) is 22.6 Å². The number of thioether (sulfide) groups is 1. The SMILES string of the molecule is Cn1c(SCC(=O)Nc2cccnc2Cl)nnc1-c1ccccc1F. The molecule has 9 heteroatoms. The van der Waals surface area contributed by atoms with Crippen molar-refractivity contribution < 1.29 is 9.18 Å². The highest BCUT2D eigenvalue weighted by molar-refractivity contribution is 7.99. The number of hydrogen-bond donors (Lipinski definition) is 1. The largest absolute Gasteiger partial charge is 0.323 e. The summed E-state index contributed by atoms with van der Waals surface area (Å²) in [5.41, 5.74) is 0.802. The lowest BCUT2D eigenvalue weighted by Gasteiger charge is -2.06. The molecule has 3 rings (SSSR count). The Morgan fingerprint density at radius 3 is 2.84 bits per heavy atom. The maximum absolute atomic E-state index is 13.9. The Labute approximate surface area is 152 Å². The third-order valence-electron chi connectivity index (χ3n) is 3.32. The Balaban J connectivity index is 1.67. The van der Waals surface area contributed by atoms with Crippen molar-refractivity contribution in [3.63, 3.8) is 0 Å². The molecule has 0 fully saturated rings. The topological polar surface area (TPSA) is 72.7 Å². The van der Waals surface area contributed by atoms with E-state index in [1.807, 2.05) is 0 Å². The minimum Gasteiger partial charge on any atom is -0.323 e. The molecule has 0 bridgehead atoms. The fraction of sp³-hybridized carbons (Fsp3) is 0.125. The molecule has 0 unspecified atom stereocenters. The van der Waals surface area contributed by atoms with E-state index in [1.54, 1.807) is 41.9 Å². The minimum absolute atomic E-state index is 0.106. The molecule has 2 heterocycles. The zero-order chi connectivity index (χ0) is 17.8. The molecule has 1 N–H and O–H groups in total. The second-order valence-electron chi connectivity index (χ2n) is 5.02. The first-order valence-corrected chi connectivity index (χ1v) is 8.60. The van der Waals surface area contributed by atoms with E-state index in [2.05, 4.69) is 20.5 Å². The summed E-state index contributed by atoms with van der Waals surface area (Å²) in [5.74, 6) is -0.126. The van der Waals surface area contributed by atoms with Gasteiger partial charge in [-0.3, -0.25) is 4.79 Å². The Kier molecular flexibility index (Phi) is 5.30. The third kappa shape index (κ3) is 3.97. The van der Waals surface area contributed by atoms with Crippen LogP contribution in [-0.2, 0) is 11.8 Å². The summed E-state index contributed by atoms with van der Waals surface area (Å²) in [6.45, 7) is 0. The molecule has 0 radical (unpaired) electrons. The van der Waals surface area contributed by atoms with Crippen LogP contribution in [0.15, 0.2) is 47.8 Å². The van der Waals surface area contributed by atoms with Gasteiger partial charge in [0.2, 0.25) is 5.91 Å². The number of amides is 1. The van der Waals surface area contributed by atoms with Gasteiger partial charge in [0.15, 0.2) is 16.1 Å². The summed E-state index contributed by atoms with van der Waals surface area (Å²) in [6, 6.07) is 9.67. The van der Waals surface area contributed by atoms with Crippen LogP contribution in [0.25, 0.3) is 11.4 Å². The van der Waals surface area contributed by atoms with E-state index in [0.717, 1.165) is 0 Å². The molecule has 0 aliphatic heterocycles. The molecule has 2 aromatic heterocycles. The van der Waals surface area contributed by atoms with Gasteiger partial charge in [-0.1, -0.05) is 35.5 Å². The van der Waals surface area contributed by atoms with Crippen molar-refractivity contribution in [2.24, 2.45) is 7.05 Å². The van der Waals surface area contributed by atoms with Gasteiger partial charge < -0.3 is 9.88 Å². The van der Waals surface area contributed by atoms with Crippen molar-refractivity contribution in [2.75, 3.05) is 11.1 Å². The lowest BCUT2D eigenvalue weighted by atomic mass is 10.2. The molecule has 0 atom stereocenters. The van der Waals surface area contributed by atoms with E-state index in [4.69, 9.17) is 11.6 Å². The molecule has 0 spiro atoms. The summed E-state index contributed by atoms with van der Waals surface area (Å²) < 4.78 is 15.5. The second kappa shape index (κ2) is 7.62. The number of pyridine rings is 1. The molecule has 1 aromatic carbocycles. The predicted molar refractivity (Wildman–Crippen MR) is 95.0 cm³/mol. The minimum atomic E-state index is -0.376. The summed E-state index contributed by atoms with van der Waals surface area (Å²) in [4.78, 5) is 15.9. The highest BCUT2D eigenvalue weighted by Crippen LogP contribution is 2.25. The number of nitrogens with one attached hydrogen (secondary N) is 1. The zero-order valence-electron chi connectivity index (χ0n) is 13.1. The molecule has 0 saturated heterocycles. The number of halogens is 2. The van der Waals surface area contributed by atoms with Crippen LogP contribution < -0.4 is 5.32 Å². The molecule has 1 amide bonds. The van der Waals surface area contributed by atoms with E-state index in [9.17, 15) is 9.18 Å². The van der Waals surface area contributed by atoms with Gasteiger partial charge in [-0.15, -0.1) is 10.2 Å². The first-order valence-electron chi connectivity index (χ1n) is 7.23. The number of benzene rings is 1. The van der Waals surface area contributed by atoms with E-state index in [0.29, 0.717) is 22.2 Å². The predicted octanol–water partition coefficient (Wildman–Crippen LogP) is 3.40. The first kappa shape index (κ1) is 17.4. The van der Waals surface area contributed by atoms with Crippen molar-refractivity contribution in [2.45, 2.75) is 5.16 Å². The monoisotopic (exact) mass is 377 g/mol. The molecule has 128 valence electrons. The number of aromatic nitrogens is 4. The number of hydrogen-bond acceptors (Lipinski definition) is 5. The Morgan fingerprint density at radius 1 is 1.28 bits per heavy atom. The standard InChI is InChI=1S/C16H13ClFN5OS/c1-23-15(10-5-2-3-6-11(10)18)21-22-16(23)25-9-13(24)20-12-7-4-8-19-14(12)17/h2-8H,9H2,1H3,(H,20,24). The normalized spacial score (nSPS) is 10.7. The second-order valence-corrected chi connectivity index (χ2v) is 6.32. The highest BCUT2D eigenvalue weighted by Gasteiger charge is 2.15. The van der Waals surface area contributed by atoms with E-state index >= 15 is 0 Å². The average molecular weight is 378 g/mol. The summed E-state index contributed by atoms with van der Waals surface area (Å²) in [7, 11) is 1.72. The summed E-state index contributed by atoms with van der Waals surface area (Å²) >= 11 is 7.10. The lowest BCUT2D eigenvalue weighted by molar-refractivity contribution is -0.113. The number of anilines is 1. The quantitative estimate of drug-likeness (QED) is 0.545. The van der Waals surface area contributed by atoms with Gasteiger partial charge in [-0.25, -0.2) is 9.37 Å². The van der Waals surface area contributed by atoms with Crippen molar-refractivity contribution >= 4 is 35.0 Å².